The molecule has 1 aliphatic rings. The van der Waals surface area contributed by atoms with Gasteiger partial charge >= 0.3 is 12.3 Å². The lowest BCUT2D eigenvalue weighted by atomic mass is 9.75. The third-order valence-corrected chi connectivity index (χ3v) is 4.24. The van der Waals surface area contributed by atoms with Crippen molar-refractivity contribution in [1.82, 2.24) is 4.90 Å². The molecule has 1 fully saturated rings. The van der Waals surface area contributed by atoms with Gasteiger partial charge in [0.1, 0.15) is 11.3 Å². The molecular formula is C19H26F3N3O2. The molecule has 0 N–H and O–H groups in total. The van der Waals surface area contributed by atoms with Gasteiger partial charge in [-0.2, -0.15) is 18.4 Å². The first-order chi connectivity index (χ1) is 12.3. The van der Waals surface area contributed by atoms with Gasteiger partial charge < -0.3 is 9.64 Å². The lowest BCUT2D eigenvalue weighted by Crippen LogP contribution is -2.45. The maximum atomic E-state index is 12.5. The van der Waals surface area contributed by atoms with Crippen molar-refractivity contribution in [2.24, 2.45) is 10.4 Å². The predicted octanol–water partition coefficient (Wildman–Crippen LogP) is 5.01. The van der Waals surface area contributed by atoms with Crippen molar-refractivity contribution in [2.75, 3.05) is 13.1 Å². The number of nitrogens with zero attached hydrogens (tertiary/aromatic N) is 3. The maximum Gasteiger partial charge on any atom is 0.432 e. The number of allylic oxidation sites excluding steroid dienone is 3. The molecule has 0 aromatic carbocycles. The molecule has 5 nitrogen and oxygen atoms in total. The Morgan fingerprint density at radius 3 is 2.30 bits per heavy atom. The van der Waals surface area contributed by atoms with E-state index in [2.05, 4.69) is 17.6 Å². The van der Waals surface area contributed by atoms with Gasteiger partial charge in [0.25, 0.3) is 0 Å². The summed E-state index contributed by atoms with van der Waals surface area (Å²) in [6.07, 6.45) is -1.19. The van der Waals surface area contributed by atoms with E-state index in [4.69, 9.17) is 4.74 Å². The second kappa shape index (κ2) is 8.59. The van der Waals surface area contributed by atoms with E-state index in [1.807, 2.05) is 0 Å². The number of rotatable bonds is 4. The minimum Gasteiger partial charge on any atom is -0.444 e. The molecule has 0 atom stereocenters. The summed E-state index contributed by atoms with van der Waals surface area (Å²) in [4.78, 5) is 17.1. The van der Waals surface area contributed by atoms with Crippen LogP contribution in [0.5, 0.6) is 0 Å². The van der Waals surface area contributed by atoms with Gasteiger partial charge in [-0.1, -0.05) is 12.7 Å². The molecule has 0 aromatic rings. The topological polar surface area (TPSA) is 65.7 Å². The van der Waals surface area contributed by atoms with E-state index < -0.39 is 29.0 Å². The van der Waals surface area contributed by atoms with Gasteiger partial charge in [0.15, 0.2) is 0 Å². The predicted molar refractivity (Wildman–Crippen MR) is 97.1 cm³/mol. The Balaban J connectivity index is 2.76. The normalized spacial score (nSPS) is 18.3. The van der Waals surface area contributed by atoms with Gasteiger partial charge in [-0.05, 0) is 52.5 Å². The number of aliphatic imine (C=N–C) groups is 1. The van der Waals surface area contributed by atoms with Crippen LogP contribution in [0, 0.1) is 16.7 Å². The number of halogens is 3. The second-order valence-electron chi connectivity index (χ2n) is 7.60. The molecular weight excluding hydrogens is 359 g/mol. The average Bonchev–Trinajstić information content (AvgIpc) is 2.56. The van der Waals surface area contributed by atoms with E-state index >= 15 is 0 Å². The van der Waals surface area contributed by atoms with Crippen molar-refractivity contribution in [1.29, 1.82) is 5.26 Å². The Morgan fingerprint density at radius 1 is 1.33 bits per heavy atom. The molecule has 27 heavy (non-hydrogen) atoms. The van der Waals surface area contributed by atoms with Crippen molar-refractivity contribution in [3.8, 4) is 6.07 Å². The van der Waals surface area contributed by atoms with E-state index in [1.54, 1.807) is 38.7 Å². The summed E-state index contributed by atoms with van der Waals surface area (Å²) in [5.74, 6) is 0. The average molecular weight is 385 g/mol. The molecule has 1 aliphatic heterocycles. The first-order valence-corrected chi connectivity index (χ1v) is 8.66. The number of amides is 1. The molecule has 8 heteroatoms. The number of hydrogen-bond acceptors (Lipinski definition) is 4. The summed E-state index contributed by atoms with van der Waals surface area (Å²) in [5.41, 5.74) is -2.03. The highest BCUT2D eigenvalue weighted by atomic mass is 19.4. The summed E-state index contributed by atoms with van der Waals surface area (Å²) >= 11 is 0. The molecule has 1 heterocycles. The lowest BCUT2D eigenvalue weighted by molar-refractivity contribution is -0.0918. The molecule has 1 saturated heterocycles. The van der Waals surface area contributed by atoms with Crippen LogP contribution in [0.15, 0.2) is 28.9 Å². The molecule has 1 amide bonds. The Morgan fingerprint density at radius 2 is 1.89 bits per heavy atom. The minimum absolute atomic E-state index is 0.261. The van der Waals surface area contributed by atoms with Crippen LogP contribution in [0.4, 0.5) is 18.0 Å². The zero-order valence-corrected chi connectivity index (χ0v) is 16.2. The van der Waals surface area contributed by atoms with Gasteiger partial charge in [-0.15, -0.1) is 0 Å². The molecule has 0 spiro atoms. The van der Waals surface area contributed by atoms with Crippen molar-refractivity contribution >= 4 is 12.3 Å². The standard InChI is InChI=1S/C19H26F3N3O2/c1-6-15(12-24-14(2)19(20,21)22)11-18(13-23)7-9-25(10-8-18)16(26)27-17(3,4)5/h6,12H,2,7-11H2,1,3-5H3/b15-6-,24-12?. The Bertz CT molecular complexity index is 659. The zero-order chi connectivity index (χ0) is 20.9. The zero-order valence-electron chi connectivity index (χ0n) is 16.2. The largest absolute Gasteiger partial charge is 0.444 e. The van der Waals surface area contributed by atoms with E-state index in [0.717, 1.165) is 6.21 Å². The summed E-state index contributed by atoms with van der Waals surface area (Å²) in [7, 11) is 0. The molecule has 150 valence electrons. The van der Waals surface area contributed by atoms with Crippen LogP contribution < -0.4 is 0 Å². The van der Waals surface area contributed by atoms with Crippen LogP contribution >= 0.6 is 0 Å². The molecule has 0 radical (unpaired) electrons. The highest BCUT2D eigenvalue weighted by molar-refractivity contribution is 5.79. The first kappa shape index (κ1) is 22.7. The number of hydrogen-bond donors (Lipinski definition) is 0. The Hall–Kier alpha value is -2.30. The quantitative estimate of drug-likeness (QED) is 0.639. The van der Waals surface area contributed by atoms with Crippen LogP contribution in [0.2, 0.25) is 0 Å². The van der Waals surface area contributed by atoms with E-state index in [1.165, 1.54) is 0 Å². The number of alkyl halides is 3. The van der Waals surface area contributed by atoms with E-state index in [9.17, 15) is 23.2 Å². The number of carbonyl (C=O) groups is 1. The van der Waals surface area contributed by atoms with Crippen molar-refractivity contribution in [3.63, 3.8) is 0 Å². The summed E-state index contributed by atoms with van der Waals surface area (Å²) in [6, 6.07) is 2.28. The smallest absolute Gasteiger partial charge is 0.432 e. The number of likely N-dealkylation sites (tertiary alicyclic amines) is 1. The summed E-state index contributed by atoms with van der Waals surface area (Å²) in [5, 5.41) is 9.65. The fourth-order valence-corrected chi connectivity index (χ4v) is 2.62. The van der Waals surface area contributed by atoms with Crippen molar-refractivity contribution in [3.05, 3.63) is 23.9 Å². The Kier molecular flexibility index (Phi) is 7.24. The van der Waals surface area contributed by atoms with Gasteiger partial charge in [-0.3, -0.25) is 4.99 Å². The summed E-state index contributed by atoms with van der Waals surface area (Å²) < 4.78 is 42.8. The second-order valence-corrected chi connectivity index (χ2v) is 7.60. The van der Waals surface area contributed by atoms with Crippen molar-refractivity contribution in [2.45, 2.75) is 58.7 Å². The van der Waals surface area contributed by atoms with Gasteiger partial charge in [0.05, 0.1) is 11.5 Å². The van der Waals surface area contributed by atoms with E-state index in [-0.39, 0.29) is 6.42 Å². The molecule has 0 aromatic heterocycles. The first-order valence-electron chi connectivity index (χ1n) is 8.66. The Labute approximate surface area is 158 Å². The van der Waals surface area contributed by atoms with Gasteiger partial charge in [0.2, 0.25) is 0 Å². The molecule has 0 aliphatic carbocycles. The fraction of sp³-hybridized carbons (Fsp3) is 0.632. The van der Waals surface area contributed by atoms with Gasteiger partial charge in [-0.25, -0.2) is 4.79 Å². The third kappa shape index (κ3) is 7.08. The summed E-state index contributed by atoms with van der Waals surface area (Å²) in [6.45, 7) is 10.6. The lowest BCUT2D eigenvalue weighted by Gasteiger charge is -2.38. The molecule has 0 bridgehead atoms. The molecule has 1 rings (SSSR count). The maximum absolute atomic E-state index is 12.5. The highest BCUT2D eigenvalue weighted by Gasteiger charge is 2.38. The SMILES string of the molecule is C=C(N=C/C(=C\C)CC1(C#N)CCN(C(=O)OC(C)(C)C)CC1)C(F)(F)F. The third-order valence-electron chi connectivity index (χ3n) is 4.24. The van der Waals surface area contributed by atoms with Crippen LogP contribution in [-0.2, 0) is 4.74 Å². The van der Waals surface area contributed by atoms with Crippen LogP contribution in [0.25, 0.3) is 0 Å². The van der Waals surface area contributed by atoms with Crippen LogP contribution in [0.3, 0.4) is 0 Å². The minimum atomic E-state index is -4.58. The molecule has 0 saturated carbocycles. The fourth-order valence-electron chi connectivity index (χ4n) is 2.62. The van der Waals surface area contributed by atoms with E-state index in [0.29, 0.717) is 31.5 Å². The number of piperidine rings is 1. The van der Waals surface area contributed by atoms with Gasteiger partial charge in [0, 0.05) is 19.3 Å². The highest BCUT2D eigenvalue weighted by Crippen LogP contribution is 2.37. The number of carbonyl (C=O) groups excluding carboxylic acids is 1. The number of nitriles is 1. The van der Waals surface area contributed by atoms with Crippen LogP contribution in [-0.4, -0.2) is 42.1 Å². The monoisotopic (exact) mass is 385 g/mol. The van der Waals surface area contributed by atoms with Crippen LogP contribution in [0.1, 0.15) is 47.0 Å². The number of ether oxygens (including phenoxy) is 1. The molecule has 0 unspecified atom stereocenters. The van der Waals surface area contributed by atoms with Crippen molar-refractivity contribution < 1.29 is 22.7 Å².